The smallest absolute Gasteiger partial charge is 0.405 e. The second-order valence-corrected chi connectivity index (χ2v) is 17.3. The summed E-state index contributed by atoms with van der Waals surface area (Å²) < 4.78 is 40.9. The van der Waals surface area contributed by atoms with Crippen LogP contribution in [0.4, 0.5) is 0 Å². The number of aromatic nitrogens is 6. The van der Waals surface area contributed by atoms with E-state index in [9.17, 15) is 0 Å². The minimum Gasteiger partial charge on any atom is -0.405 e. The molecule has 4 aromatic rings. The highest BCUT2D eigenvalue weighted by Gasteiger charge is 2.63. The zero-order valence-corrected chi connectivity index (χ0v) is 34.1. The van der Waals surface area contributed by atoms with Gasteiger partial charge >= 0.3 is 21.1 Å². The molecular weight excluding hydrogens is 737 g/mol. The van der Waals surface area contributed by atoms with Crippen molar-refractivity contribution in [3.63, 3.8) is 0 Å². The predicted molar refractivity (Wildman–Crippen MR) is 221 cm³/mol. The van der Waals surface area contributed by atoms with Gasteiger partial charge in [0.15, 0.2) is 0 Å². The number of aryl methyl sites for hydroxylation is 4. The van der Waals surface area contributed by atoms with Gasteiger partial charge in [-0.3, -0.25) is 8.80 Å². The van der Waals surface area contributed by atoms with Crippen molar-refractivity contribution in [2.45, 2.75) is 167 Å². The number of halogens is 1. The van der Waals surface area contributed by atoms with E-state index < -0.39 is 14.0 Å². The quantitative estimate of drug-likeness (QED) is 0.185. The van der Waals surface area contributed by atoms with Gasteiger partial charge in [-0.2, -0.15) is 0 Å². The van der Waals surface area contributed by atoms with Crippen LogP contribution in [-0.2, 0) is 27.9 Å². The molecule has 0 aliphatic carbocycles. The Labute approximate surface area is 328 Å². The highest BCUT2D eigenvalue weighted by molar-refractivity contribution is 9.10. The van der Waals surface area contributed by atoms with E-state index in [0.29, 0.717) is 5.78 Å². The van der Waals surface area contributed by atoms with Crippen LogP contribution in [0.2, 0.25) is 0 Å². The third-order valence-electron chi connectivity index (χ3n) is 11.2. The van der Waals surface area contributed by atoms with Crippen LogP contribution in [0.25, 0.3) is 11.6 Å². The van der Waals surface area contributed by atoms with Crippen molar-refractivity contribution < 1.29 is 27.9 Å². The van der Waals surface area contributed by atoms with Crippen LogP contribution in [0, 0.1) is 27.7 Å². The first kappa shape index (κ1) is 46.8. The number of fused-ring (bicyclic) bond motifs is 2. The minimum atomic E-state index is -0.476. The molecule has 12 nitrogen and oxygen atoms in total. The molecule has 4 aromatic heterocycles. The van der Waals surface area contributed by atoms with Crippen LogP contribution in [0.3, 0.4) is 0 Å². The molecule has 0 atom stereocenters. The Kier molecular flexibility index (Phi) is 13.8. The molecule has 3 saturated heterocycles. The van der Waals surface area contributed by atoms with E-state index in [1.807, 2.05) is 132 Å². The Balaban J connectivity index is 0.000000275. The monoisotopic (exact) mass is 800 g/mol. The van der Waals surface area contributed by atoms with E-state index >= 15 is 0 Å². The number of hydrogen-bond acceptors (Lipinski definition) is 10. The second-order valence-electron chi connectivity index (χ2n) is 16.4. The van der Waals surface area contributed by atoms with Gasteiger partial charge in [0.05, 0.1) is 49.5 Å². The standard InChI is InChI=1S/C14H20BN3O2.C12H24B2O4.C8H8BrN3.3CH4/c1-9-10(2)18-8-11(7-16-12(18)17-9)15-19-13(3,4)14(5,6)20-15;1-9(2)10(3,4)16-13(15-9)14-17-11(5,6)12(7,8)18-14;1-5-6(2)12-4-7(9)3-10-8(12)11-5;;;/h7-8H,1-6H3;1-8H3;3-4H,1-2H3;3*1H4. The van der Waals surface area contributed by atoms with Crippen molar-refractivity contribution >= 4 is 54.1 Å². The fraction of sp³-hybridized carbons (Fsp3) is 0.676. The minimum absolute atomic E-state index is 0. The molecule has 0 spiro atoms. The lowest BCUT2D eigenvalue weighted by Crippen LogP contribution is -2.41. The van der Waals surface area contributed by atoms with Gasteiger partial charge in [0.2, 0.25) is 11.6 Å². The third kappa shape index (κ3) is 8.89. The zero-order valence-electron chi connectivity index (χ0n) is 32.6. The summed E-state index contributed by atoms with van der Waals surface area (Å²) >= 11 is 3.36. The largest absolute Gasteiger partial charge is 0.497 e. The fourth-order valence-corrected chi connectivity index (χ4v) is 5.71. The molecule has 0 saturated carbocycles. The average molecular weight is 801 g/mol. The van der Waals surface area contributed by atoms with Crippen molar-refractivity contribution in [2.24, 2.45) is 0 Å². The Morgan fingerprint density at radius 2 is 0.830 bits per heavy atom. The van der Waals surface area contributed by atoms with Gasteiger partial charge in [-0.05, 0) is 127 Å². The third-order valence-corrected chi connectivity index (χ3v) is 11.6. The van der Waals surface area contributed by atoms with Crippen molar-refractivity contribution in [1.82, 2.24) is 28.7 Å². The summed E-state index contributed by atoms with van der Waals surface area (Å²) in [6.07, 6.45) is 7.50. The maximum absolute atomic E-state index is 6.05. The van der Waals surface area contributed by atoms with Gasteiger partial charge in [-0.25, -0.2) is 19.9 Å². The first-order valence-corrected chi connectivity index (χ1v) is 17.9. The summed E-state index contributed by atoms with van der Waals surface area (Å²) in [6, 6.07) is 0. The summed E-state index contributed by atoms with van der Waals surface area (Å²) in [5.74, 6) is 1.47. The molecule has 53 heavy (non-hydrogen) atoms. The summed E-state index contributed by atoms with van der Waals surface area (Å²) in [7, 11) is -1.34. The molecular formula is C37H64B3BrN6O6. The van der Waals surface area contributed by atoms with Crippen LogP contribution in [-0.4, -0.2) is 83.5 Å². The maximum Gasteiger partial charge on any atom is 0.497 e. The highest BCUT2D eigenvalue weighted by atomic mass is 79.9. The van der Waals surface area contributed by atoms with E-state index in [-0.39, 0.29) is 63.0 Å². The van der Waals surface area contributed by atoms with Crippen LogP contribution < -0.4 is 5.46 Å². The van der Waals surface area contributed by atoms with Gasteiger partial charge in [0.25, 0.3) is 0 Å². The molecule has 7 heterocycles. The molecule has 294 valence electrons. The molecule has 0 bridgehead atoms. The lowest BCUT2D eigenvalue weighted by atomic mass is 9.49. The van der Waals surface area contributed by atoms with Crippen molar-refractivity contribution in [2.75, 3.05) is 0 Å². The molecule has 3 aliphatic heterocycles. The lowest BCUT2D eigenvalue weighted by Gasteiger charge is -2.32. The molecule has 7 rings (SSSR count). The van der Waals surface area contributed by atoms with E-state index in [1.54, 1.807) is 12.4 Å². The lowest BCUT2D eigenvalue weighted by molar-refractivity contribution is 0.00578. The summed E-state index contributed by atoms with van der Waals surface area (Å²) in [5.41, 5.74) is 3.04. The zero-order chi connectivity index (χ0) is 37.4. The van der Waals surface area contributed by atoms with E-state index in [2.05, 4.69) is 35.9 Å². The molecule has 16 heteroatoms. The molecule has 0 aromatic carbocycles. The Hall–Kier alpha value is -2.33. The number of nitrogens with zero attached hydrogens (tertiary/aromatic N) is 6. The van der Waals surface area contributed by atoms with Gasteiger partial charge in [-0.15, -0.1) is 0 Å². The number of hydrogen-bond donors (Lipinski definition) is 0. The Morgan fingerprint density at radius 3 is 1.21 bits per heavy atom. The normalized spacial score (nSPS) is 21.2. The molecule has 0 N–H and O–H groups in total. The van der Waals surface area contributed by atoms with Crippen LogP contribution in [0.1, 0.15) is 128 Å². The summed E-state index contributed by atoms with van der Waals surface area (Å²) in [5, 5.41) is 0. The predicted octanol–water partition coefficient (Wildman–Crippen LogP) is 7.91. The second kappa shape index (κ2) is 15.7. The first-order valence-electron chi connectivity index (χ1n) is 17.1. The number of rotatable bonds is 2. The summed E-state index contributed by atoms with van der Waals surface area (Å²) in [6.45, 7) is 32.4. The topological polar surface area (TPSA) is 116 Å². The van der Waals surface area contributed by atoms with Gasteiger partial charge < -0.3 is 27.9 Å². The van der Waals surface area contributed by atoms with Crippen molar-refractivity contribution in [1.29, 1.82) is 0 Å². The SMILES string of the molecule is C.C.C.CC1(C)OB(B2OC(C)(C)C(C)(C)O2)OC1(C)C.Cc1nc2ncc(B3OC(C)(C)C(C)(C)O3)cn2c1C.Cc1nc2ncc(Br)cn2c1C. The van der Waals surface area contributed by atoms with Gasteiger partial charge in [0.1, 0.15) is 0 Å². The Morgan fingerprint density at radius 1 is 0.509 bits per heavy atom. The average Bonchev–Trinajstić information content (AvgIpc) is 3.65. The van der Waals surface area contributed by atoms with Crippen molar-refractivity contribution in [3.8, 4) is 0 Å². The maximum atomic E-state index is 6.05. The van der Waals surface area contributed by atoms with E-state index in [0.717, 1.165) is 38.5 Å². The molecule has 0 radical (unpaired) electrons. The Bertz CT molecular complexity index is 1810. The van der Waals surface area contributed by atoms with Crippen LogP contribution in [0.15, 0.2) is 29.3 Å². The van der Waals surface area contributed by atoms with E-state index in [4.69, 9.17) is 27.9 Å². The molecule has 3 fully saturated rings. The molecule has 0 unspecified atom stereocenters. The fourth-order valence-electron chi connectivity index (χ4n) is 5.40. The van der Waals surface area contributed by atoms with Gasteiger partial charge in [0, 0.05) is 41.6 Å². The molecule has 3 aliphatic rings. The first-order chi connectivity index (χ1) is 22.8. The van der Waals surface area contributed by atoms with Crippen LogP contribution in [0.5, 0.6) is 0 Å². The van der Waals surface area contributed by atoms with Gasteiger partial charge in [-0.1, -0.05) is 22.3 Å². The van der Waals surface area contributed by atoms with E-state index in [1.165, 1.54) is 0 Å². The summed E-state index contributed by atoms with van der Waals surface area (Å²) in [4.78, 5) is 17.3. The molecule has 0 amide bonds. The van der Waals surface area contributed by atoms with Crippen molar-refractivity contribution in [3.05, 3.63) is 52.0 Å². The van der Waals surface area contributed by atoms with Crippen LogP contribution >= 0.6 is 15.9 Å². The number of imidazole rings is 2. The highest BCUT2D eigenvalue weighted by Crippen LogP contribution is 2.43.